The molecule has 1 aliphatic rings. The zero-order chi connectivity index (χ0) is 20.2. The van der Waals surface area contributed by atoms with Gasteiger partial charge in [-0.2, -0.15) is 0 Å². The highest BCUT2D eigenvalue weighted by atomic mass is 16.2. The van der Waals surface area contributed by atoms with Crippen LogP contribution in [0, 0.1) is 0 Å². The quantitative estimate of drug-likeness (QED) is 0.733. The molecule has 29 heavy (non-hydrogen) atoms. The Hall–Kier alpha value is -3.42. The molecule has 1 fully saturated rings. The van der Waals surface area contributed by atoms with Crippen LogP contribution >= 0.6 is 0 Å². The van der Waals surface area contributed by atoms with E-state index < -0.39 is 0 Å². The number of carbonyl (C=O) groups excluding carboxylic acids is 1. The number of amides is 2. The van der Waals surface area contributed by atoms with Crippen molar-refractivity contribution in [3.63, 3.8) is 0 Å². The Balaban J connectivity index is 1.44. The number of aromatic nitrogens is 3. The lowest BCUT2D eigenvalue weighted by molar-refractivity contribution is 0.193. The van der Waals surface area contributed by atoms with Gasteiger partial charge >= 0.3 is 6.03 Å². The fraction of sp³-hybridized carbons (Fsp3) is 0.333. The predicted octanol–water partition coefficient (Wildman–Crippen LogP) is 1.84. The second kappa shape index (κ2) is 8.30. The van der Waals surface area contributed by atoms with Gasteiger partial charge in [0.05, 0.1) is 0 Å². The summed E-state index contributed by atoms with van der Waals surface area (Å²) in [7, 11) is 0. The lowest BCUT2D eigenvalue weighted by atomic mass is 10.2. The Kier molecular flexibility index (Phi) is 5.41. The first-order valence-corrected chi connectivity index (χ1v) is 9.84. The standard InChI is InChI=1S/C21H24N6O2/c1-2-27-18-17(9-6-10-22-18)24-19(20(27)28)25-11-13-26(14-12-25)21(29)23-15-16-7-4-3-5-8-16/h3-10H,2,11-15H2,1H3,(H,23,29). The second-order valence-corrected chi connectivity index (χ2v) is 6.95. The van der Waals surface area contributed by atoms with Gasteiger partial charge in [0, 0.05) is 45.5 Å². The topological polar surface area (TPSA) is 83.4 Å². The first kappa shape index (κ1) is 18.9. The van der Waals surface area contributed by atoms with Crippen LogP contribution in [0.1, 0.15) is 12.5 Å². The molecule has 2 amide bonds. The maximum Gasteiger partial charge on any atom is 0.317 e. The maximum absolute atomic E-state index is 12.9. The summed E-state index contributed by atoms with van der Waals surface area (Å²) in [6.07, 6.45) is 1.67. The summed E-state index contributed by atoms with van der Waals surface area (Å²) >= 11 is 0. The molecule has 4 rings (SSSR count). The van der Waals surface area contributed by atoms with Gasteiger partial charge in [-0.25, -0.2) is 14.8 Å². The number of aryl methyl sites for hydroxylation is 1. The van der Waals surface area contributed by atoms with Crippen LogP contribution in [0.15, 0.2) is 53.5 Å². The van der Waals surface area contributed by atoms with E-state index in [-0.39, 0.29) is 11.6 Å². The first-order valence-electron chi connectivity index (χ1n) is 9.84. The third-order valence-electron chi connectivity index (χ3n) is 5.15. The molecule has 0 spiro atoms. The predicted molar refractivity (Wildman–Crippen MR) is 112 cm³/mol. The van der Waals surface area contributed by atoms with E-state index in [2.05, 4.69) is 15.3 Å². The summed E-state index contributed by atoms with van der Waals surface area (Å²) in [5.41, 5.74) is 2.23. The number of piperazine rings is 1. The third-order valence-corrected chi connectivity index (χ3v) is 5.15. The molecule has 150 valence electrons. The smallest absolute Gasteiger partial charge is 0.317 e. The molecule has 8 heteroatoms. The van der Waals surface area contributed by atoms with E-state index in [1.54, 1.807) is 15.7 Å². The third kappa shape index (κ3) is 3.91. The second-order valence-electron chi connectivity index (χ2n) is 6.95. The van der Waals surface area contributed by atoms with Crippen LogP contribution in [0.2, 0.25) is 0 Å². The van der Waals surface area contributed by atoms with Crippen LogP contribution in [0.4, 0.5) is 10.6 Å². The van der Waals surface area contributed by atoms with Crippen molar-refractivity contribution in [1.82, 2.24) is 24.8 Å². The Bertz CT molecular complexity index is 1060. The van der Waals surface area contributed by atoms with Crippen LogP contribution in [-0.4, -0.2) is 51.6 Å². The van der Waals surface area contributed by atoms with E-state index in [4.69, 9.17) is 0 Å². The average Bonchev–Trinajstić information content (AvgIpc) is 2.78. The van der Waals surface area contributed by atoms with Gasteiger partial charge in [0.15, 0.2) is 11.5 Å². The van der Waals surface area contributed by atoms with Crippen LogP contribution in [0.25, 0.3) is 11.2 Å². The lowest BCUT2D eigenvalue weighted by Crippen LogP contribution is -2.53. The molecular formula is C21H24N6O2. The number of anilines is 1. The van der Waals surface area contributed by atoms with Gasteiger partial charge in [0.25, 0.3) is 5.56 Å². The number of nitrogens with zero attached hydrogens (tertiary/aromatic N) is 5. The van der Waals surface area contributed by atoms with E-state index in [9.17, 15) is 9.59 Å². The molecule has 3 heterocycles. The van der Waals surface area contributed by atoms with E-state index >= 15 is 0 Å². The van der Waals surface area contributed by atoms with Crippen molar-refractivity contribution in [3.05, 3.63) is 64.6 Å². The summed E-state index contributed by atoms with van der Waals surface area (Å²) in [6, 6.07) is 13.4. The zero-order valence-corrected chi connectivity index (χ0v) is 16.4. The summed E-state index contributed by atoms with van der Waals surface area (Å²) in [5, 5.41) is 2.96. The maximum atomic E-state index is 12.9. The van der Waals surface area contributed by atoms with Crippen molar-refractivity contribution in [3.8, 4) is 0 Å². The molecular weight excluding hydrogens is 368 g/mol. The number of benzene rings is 1. The summed E-state index contributed by atoms with van der Waals surface area (Å²) < 4.78 is 1.65. The van der Waals surface area contributed by atoms with Crippen molar-refractivity contribution in [1.29, 1.82) is 0 Å². The SMILES string of the molecule is CCn1c(=O)c(N2CCN(C(=O)NCc3ccccc3)CC2)nc2cccnc21. The Morgan fingerprint density at radius 2 is 1.83 bits per heavy atom. The molecule has 1 aromatic carbocycles. The van der Waals surface area contributed by atoms with E-state index in [0.717, 1.165) is 5.56 Å². The Labute approximate surface area is 168 Å². The number of hydrogen-bond acceptors (Lipinski definition) is 5. The molecule has 0 radical (unpaired) electrons. The number of urea groups is 1. The molecule has 0 unspecified atom stereocenters. The van der Waals surface area contributed by atoms with Crippen LogP contribution < -0.4 is 15.8 Å². The number of pyridine rings is 1. The molecule has 3 aromatic rings. The molecule has 1 N–H and O–H groups in total. The van der Waals surface area contributed by atoms with Crippen molar-refractivity contribution < 1.29 is 4.79 Å². The van der Waals surface area contributed by atoms with Gasteiger partial charge in [-0.15, -0.1) is 0 Å². The fourth-order valence-electron chi connectivity index (χ4n) is 3.57. The van der Waals surface area contributed by atoms with Gasteiger partial charge in [0.2, 0.25) is 0 Å². The highest BCUT2D eigenvalue weighted by Crippen LogP contribution is 2.14. The Morgan fingerprint density at radius 3 is 2.55 bits per heavy atom. The van der Waals surface area contributed by atoms with Gasteiger partial charge < -0.3 is 15.1 Å². The van der Waals surface area contributed by atoms with Crippen molar-refractivity contribution in [2.45, 2.75) is 20.0 Å². The van der Waals surface area contributed by atoms with Crippen molar-refractivity contribution in [2.24, 2.45) is 0 Å². The van der Waals surface area contributed by atoms with E-state index in [1.807, 2.05) is 54.3 Å². The minimum Gasteiger partial charge on any atom is -0.348 e. The van der Waals surface area contributed by atoms with Crippen LogP contribution in [0.5, 0.6) is 0 Å². The summed E-state index contributed by atoms with van der Waals surface area (Å²) in [6.45, 7) is 5.17. The zero-order valence-electron chi connectivity index (χ0n) is 16.4. The lowest BCUT2D eigenvalue weighted by Gasteiger charge is -2.35. The highest BCUT2D eigenvalue weighted by Gasteiger charge is 2.24. The Morgan fingerprint density at radius 1 is 1.07 bits per heavy atom. The first-order chi connectivity index (χ1) is 14.2. The normalized spacial score (nSPS) is 14.2. The monoisotopic (exact) mass is 392 g/mol. The summed E-state index contributed by atoms with van der Waals surface area (Å²) in [5.74, 6) is 0.427. The number of hydrogen-bond donors (Lipinski definition) is 1. The highest BCUT2D eigenvalue weighted by molar-refractivity contribution is 5.75. The van der Waals surface area contributed by atoms with Crippen LogP contribution in [0.3, 0.4) is 0 Å². The van der Waals surface area contributed by atoms with E-state index in [0.29, 0.717) is 56.3 Å². The molecule has 0 bridgehead atoms. The molecule has 1 aliphatic heterocycles. The minimum atomic E-state index is -0.138. The molecule has 2 aromatic heterocycles. The number of fused-ring (bicyclic) bond motifs is 1. The number of rotatable bonds is 4. The van der Waals surface area contributed by atoms with Gasteiger partial charge in [-0.1, -0.05) is 30.3 Å². The minimum absolute atomic E-state index is 0.0878. The number of nitrogens with one attached hydrogen (secondary N) is 1. The molecule has 1 saturated heterocycles. The van der Waals surface area contributed by atoms with Crippen molar-refractivity contribution >= 4 is 23.0 Å². The average molecular weight is 392 g/mol. The van der Waals surface area contributed by atoms with Gasteiger partial charge in [-0.3, -0.25) is 9.36 Å². The fourth-order valence-corrected chi connectivity index (χ4v) is 3.57. The number of carbonyl (C=O) groups is 1. The molecule has 0 aliphatic carbocycles. The largest absolute Gasteiger partial charge is 0.348 e. The van der Waals surface area contributed by atoms with Crippen LogP contribution in [-0.2, 0) is 13.1 Å². The van der Waals surface area contributed by atoms with Crippen molar-refractivity contribution in [2.75, 3.05) is 31.1 Å². The molecule has 0 saturated carbocycles. The molecule has 8 nitrogen and oxygen atoms in total. The molecule has 0 atom stereocenters. The van der Waals surface area contributed by atoms with Gasteiger partial charge in [0.1, 0.15) is 5.52 Å². The summed E-state index contributed by atoms with van der Waals surface area (Å²) in [4.78, 5) is 38.0. The van der Waals surface area contributed by atoms with E-state index in [1.165, 1.54) is 0 Å². The van der Waals surface area contributed by atoms with Gasteiger partial charge in [-0.05, 0) is 24.6 Å².